The Morgan fingerprint density at radius 2 is 2.23 bits per heavy atom. The number of methoxy groups -OCH3 is 1. The van der Waals surface area contributed by atoms with E-state index in [1.807, 2.05) is 19.1 Å². The Hall–Kier alpha value is -1.22. The first-order valence-corrected chi connectivity index (χ1v) is 4.34. The van der Waals surface area contributed by atoms with E-state index in [4.69, 9.17) is 4.74 Å². The smallest absolute Gasteiger partial charge is 0.123 e. The molecule has 0 aliphatic heterocycles. The van der Waals surface area contributed by atoms with Gasteiger partial charge < -0.3 is 15.2 Å². The van der Waals surface area contributed by atoms with E-state index in [0.29, 0.717) is 12.3 Å². The zero-order valence-electron chi connectivity index (χ0n) is 8.00. The number of nitrogens with one attached hydrogen (secondary N) is 1. The first-order valence-electron chi connectivity index (χ1n) is 4.34. The predicted octanol–water partition coefficient (Wildman–Crippen LogP) is 1.51. The summed E-state index contributed by atoms with van der Waals surface area (Å²) in [6.07, 6.45) is 0. The highest BCUT2D eigenvalue weighted by Crippen LogP contribution is 2.22. The Balaban J connectivity index is 2.73. The second-order valence-corrected chi connectivity index (χ2v) is 2.77. The molecule has 3 heteroatoms. The molecule has 0 radical (unpaired) electrons. The van der Waals surface area contributed by atoms with Crippen LogP contribution in [-0.4, -0.2) is 18.8 Å². The van der Waals surface area contributed by atoms with Crippen molar-refractivity contribution < 1.29 is 9.84 Å². The minimum Gasteiger partial charge on any atom is -0.507 e. The molecule has 0 atom stereocenters. The summed E-state index contributed by atoms with van der Waals surface area (Å²) >= 11 is 0. The van der Waals surface area contributed by atoms with Crippen molar-refractivity contribution in [1.29, 1.82) is 0 Å². The van der Waals surface area contributed by atoms with Crippen LogP contribution in [0.2, 0.25) is 0 Å². The molecule has 0 saturated carbocycles. The van der Waals surface area contributed by atoms with Crippen molar-refractivity contribution in [2.45, 2.75) is 13.5 Å². The third-order valence-electron chi connectivity index (χ3n) is 1.86. The van der Waals surface area contributed by atoms with E-state index < -0.39 is 0 Å². The van der Waals surface area contributed by atoms with E-state index in [2.05, 4.69) is 5.32 Å². The quantitative estimate of drug-likeness (QED) is 0.739. The molecule has 0 amide bonds. The maximum atomic E-state index is 9.53. The number of hydrogen-bond donors (Lipinski definition) is 2. The van der Waals surface area contributed by atoms with Crippen LogP contribution in [0.1, 0.15) is 12.5 Å². The number of phenolic OH excluding ortho intramolecular Hbond substituents is 1. The molecule has 72 valence electrons. The molecule has 1 aromatic rings. The number of ether oxygens (including phenoxy) is 1. The number of hydrogen-bond acceptors (Lipinski definition) is 3. The third kappa shape index (κ3) is 2.63. The minimum atomic E-state index is 0.278. The molecule has 1 aromatic carbocycles. The topological polar surface area (TPSA) is 41.5 Å². The lowest BCUT2D eigenvalue weighted by Crippen LogP contribution is -2.11. The Morgan fingerprint density at radius 3 is 2.77 bits per heavy atom. The molecule has 0 fully saturated rings. The average Bonchev–Trinajstić information content (AvgIpc) is 2.16. The molecule has 3 nitrogen and oxygen atoms in total. The van der Waals surface area contributed by atoms with Crippen LogP contribution < -0.4 is 10.1 Å². The van der Waals surface area contributed by atoms with Crippen LogP contribution in [0.25, 0.3) is 0 Å². The summed E-state index contributed by atoms with van der Waals surface area (Å²) in [7, 11) is 1.58. The molecule has 2 N–H and O–H groups in total. The van der Waals surface area contributed by atoms with Crippen LogP contribution in [0.3, 0.4) is 0 Å². The molecule has 0 aromatic heterocycles. The highest BCUT2D eigenvalue weighted by molar-refractivity contribution is 5.39. The number of phenols is 1. The Kier molecular flexibility index (Phi) is 3.58. The van der Waals surface area contributed by atoms with Crippen molar-refractivity contribution in [2.24, 2.45) is 0 Å². The highest BCUT2D eigenvalue weighted by Gasteiger charge is 2.01. The zero-order chi connectivity index (χ0) is 9.68. The Labute approximate surface area is 78.3 Å². The van der Waals surface area contributed by atoms with Crippen molar-refractivity contribution >= 4 is 0 Å². The molecular formula is C10H15NO2. The van der Waals surface area contributed by atoms with E-state index in [-0.39, 0.29) is 5.75 Å². The highest BCUT2D eigenvalue weighted by atomic mass is 16.5. The summed E-state index contributed by atoms with van der Waals surface area (Å²) in [5.74, 6) is 0.957. The van der Waals surface area contributed by atoms with E-state index in [0.717, 1.165) is 12.1 Å². The fourth-order valence-corrected chi connectivity index (χ4v) is 1.08. The van der Waals surface area contributed by atoms with Gasteiger partial charge in [-0.25, -0.2) is 0 Å². The van der Waals surface area contributed by atoms with Crippen molar-refractivity contribution in [3.8, 4) is 11.5 Å². The van der Waals surface area contributed by atoms with Gasteiger partial charge in [-0.2, -0.15) is 0 Å². The van der Waals surface area contributed by atoms with Crippen LogP contribution in [0.15, 0.2) is 18.2 Å². The maximum absolute atomic E-state index is 9.53. The first-order chi connectivity index (χ1) is 6.27. The monoisotopic (exact) mass is 181 g/mol. The second kappa shape index (κ2) is 4.72. The summed E-state index contributed by atoms with van der Waals surface area (Å²) in [6, 6.07) is 5.32. The lowest BCUT2D eigenvalue weighted by molar-refractivity contribution is 0.406. The van der Waals surface area contributed by atoms with Crippen LogP contribution in [-0.2, 0) is 6.54 Å². The summed E-state index contributed by atoms with van der Waals surface area (Å²) in [5, 5.41) is 12.7. The fraction of sp³-hybridized carbons (Fsp3) is 0.400. The summed E-state index contributed by atoms with van der Waals surface area (Å²) in [6.45, 7) is 3.61. The number of benzene rings is 1. The van der Waals surface area contributed by atoms with Gasteiger partial charge in [-0.05, 0) is 12.6 Å². The van der Waals surface area contributed by atoms with Crippen molar-refractivity contribution in [3.05, 3.63) is 23.8 Å². The van der Waals surface area contributed by atoms with Crippen LogP contribution in [0, 0.1) is 0 Å². The van der Waals surface area contributed by atoms with Crippen LogP contribution in [0.5, 0.6) is 11.5 Å². The molecule has 0 bridgehead atoms. The van der Waals surface area contributed by atoms with E-state index in [1.54, 1.807) is 13.2 Å². The number of rotatable bonds is 4. The lowest BCUT2D eigenvalue weighted by Gasteiger charge is -2.06. The fourth-order valence-electron chi connectivity index (χ4n) is 1.08. The molecule has 0 unspecified atom stereocenters. The molecular weight excluding hydrogens is 166 g/mol. The van der Waals surface area contributed by atoms with Crippen LogP contribution in [0.4, 0.5) is 0 Å². The maximum Gasteiger partial charge on any atom is 0.123 e. The van der Waals surface area contributed by atoms with E-state index in [1.165, 1.54) is 0 Å². The van der Waals surface area contributed by atoms with Crippen molar-refractivity contribution in [2.75, 3.05) is 13.7 Å². The van der Waals surface area contributed by atoms with Gasteiger partial charge in [-0.1, -0.05) is 13.0 Å². The lowest BCUT2D eigenvalue weighted by atomic mass is 10.2. The number of aromatic hydroxyl groups is 1. The van der Waals surface area contributed by atoms with Gasteiger partial charge in [0.05, 0.1) is 7.11 Å². The average molecular weight is 181 g/mol. The van der Waals surface area contributed by atoms with Gasteiger partial charge in [0.15, 0.2) is 0 Å². The molecule has 13 heavy (non-hydrogen) atoms. The van der Waals surface area contributed by atoms with Gasteiger partial charge in [0.2, 0.25) is 0 Å². The minimum absolute atomic E-state index is 0.278. The molecule has 0 aliphatic carbocycles. The molecule has 0 saturated heterocycles. The van der Waals surface area contributed by atoms with Gasteiger partial charge in [-0.15, -0.1) is 0 Å². The van der Waals surface area contributed by atoms with Gasteiger partial charge in [0.1, 0.15) is 11.5 Å². The standard InChI is InChI=1S/C10H15NO2/c1-3-11-7-8-4-5-9(13-2)6-10(8)12/h4-6,11-12H,3,7H2,1-2H3. The molecule has 0 spiro atoms. The molecule has 0 aliphatic rings. The van der Waals surface area contributed by atoms with Crippen LogP contribution >= 0.6 is 0 Å². The zero-order valence-corrected chi connectivity index (χ0v) is 8.00. The van der Waals surface area contributed by atoms with E-state index in [9.17, 15) is 5.11 Å². The SMILES string of the molecule is CCNCc1ccc(OC)cc1O. The van der Waals surface area contributed by atoms with Gasteiger partial charge in [0.25, 0.3) is 0 Å². The van der Waals surface area contributed by atoms with Gasteiger partial charge in [-0.3, -0.25) is 0 Å². The summed E-state index contributed by atoms with van der Waals surface area (Å²) < 4.78 is 4.97. The molecule has 0 heterocycles. The Bertz CT molecular complexity index is 274. The predicted molar refractivity (Wildman–Crippen MR) is 52.0 cm³/mol. The van der Waals surface area contributed by atoms with Crippen molar-refractivity contribution in [1.82, 2.24) is 5.32 Å². The van der Waals surface area contributed by atoms with Crippen molar-refractivity contribution in [3.63, 3.8) is 0 Å². The first kappa shape index (κ1) is 9.86. The van der Waals surface area contributed by atoms with Gasteiger partial charge in [0, 0.05) is 18.2 Å². The second-order valence-electron chi connectivity index (χ2n) is 2.77. The largest absolute Gasteiger partial charge is 0.507 e. The normalized spacial score (nSPS) is 10.0. The third-order valence-corrected chi connectivity index (χ3v) is 1.86. The van der Waals surface area contributed by atoms with Gasteiger partial charge >= 0.3 is 0 Å². The van der Waals surface area contributed by atoms with E-state index >= 15 is 0 Å². The Morgan fingerprint density at radius 1 is 1.46 bits per heavy atom. The molecule has 1 rings (SSSR count). The summed E-state index contributed by atoms with van der Waals surface area (Å²) in [4.78, 5) is 0. The summed E-state index contributed by atoms with van der Waals surface area (Å²) in [5.41, 5.74) is 0.891.